The van der Waals surface area contributed by atoms with Gasteiger partial charge in [0.25, 0.3) is 0 Å². The fourth-order valence-electron chi connectivity index (χ4n) is 1.02. The molecule has 0 aliphatic carbocycles. The van der Waals surface area contributed by atoms with Gasteiger partial charge >= 0.3 is 11.9 Å². The summed E-state index contributed by atoms with van der Waals surface area (Å²) in [4.78, 5) is 22.3. The quantitative estimate of drug-likeness (QED) is 0.539. The zero-order chi connectivity index (χ0) is 9.42. The summed E-state index contributed by atoms with van der Waals surface area (Å²) in [6.45, 7) is 0. The van der Waals surface area contributed by atoms with Crippen LogP contribution in [0.25, 0.3) is 5.57 Å². The summed E-state index contributed by atoms with van der Waals surface area (Å²) >= 11 is 1.26. The Balaban J connectivity index is 2.54. The van der Waals surface area contributed by atoms with Crippen molar-refractivity contribution in [3.8, 4) is 0 Å². The lowest BCUT2D eigenvalue weighted by molar-refractivity contribution is -0.151. The lowest BCUT2D eigenvalue weighted by Gasteiger charge is -1.91. The molecule has 0 radical (unpaired) electrons. The Morgan fingerprint density at radius 3 is 2.54 bits per heavy atom. The van der Waals surface area contributed by atoms with Crippen LogP contribution in [-0.4, -0.2) is 17.0 Å². The van der Waals surface area contributed by atoms with Crippen LogP contribution in [-0.2, 0) is 14.3 Å². The molecule has 0 aromatic carbocycles. The van der Waals surface area contributed by atoms with Gasteiger partial charge < -0.3 is 9.84 Å². The molecule has 2 heterocycles. The first-order valence-electron chi connectivity index (χ1n) is 3.44. The van der Waals surface area contributed by atoms with Gasteiger partial charge in [0.2, 0.25) is 5.76 Å². The maximum atomic E-state index is 11.0. The molecule has 1 aliphatic rings. The van der Waals surface area contributed by atoms with Crippen LogP contribution in [0.4, 0.5) is 0 Å². The number of aliphatic hydroxyl groups is 1. The van der Waals surface area contributed by atoms with E-state index in [-0.39, 0.29) is 5.57 Å². The molecule has 66 valence electrons. The number of ether oxygens (including phenoxy) is 1. The lowest BCUT2D eigenvalue weighted by Crippen LogP contribution is -2.01. The van der Waals surface area contributed by atoms with Gasteiger partial charge in [0, 0.05) is 4.88 Å². The molecule has 0 amide bonds. The molecule has 13 heavy (non-hydrogen) atoms. The minimum Gasteiger partial charge on any atom is -0.501 e. The van der Waals surface area contributed by atoms with E-state index in [1.165, 1.54) is 11.3 Å². The van der Waals surface area contributed by atoms with Crippen LogP contribution in [0.1, 0.15) is 4.88 Å². The van der Waals surface area contributed by atoms with Gasteiger partial charge in [0.05, 0.1) is 0 Å². The smallest absolute Gasteiger partial charge is 0.382 e. The number of rotatable bonds is 1. The summed E-state index contributed by atoms with van der Waals surface area (Å²) in [6, 6.07) is 3.35. The number of aliphatic hydroxyl groups excluding tert-OH is 1. The molecule has 5 heteroatoms. The van der Waals surface area contributed by atoms with E-state index in [4.69, 9.17) is 0 Å². The normalized spacial score (nSPS) is 16.6. The second kappa shape index (κ2) is 2.70. The zero-order valence-corrected chi connectivity index (χ0v) is 7.13. The predicted molar refractivity (Wildman–Crippen MR) is 45.0 cm³/mol. The number of cyclic esters (lactones) is 2. The van der Waals surface area contributed by atoms with E-state index >= 15 is 0 Å². The first kappa shape index (κ1) is 8.00. The number of esters is 2. The van der Waals surface area contributed by atoms with Crippen LogP contribution in [0.5, 0.6) is 0 Å². The highest BCUT2D eigenvalue weighted by Gasteiger charge is 2.34. The SMILES string of the molecule is O=C1OC(=O)C(c2cccs2)=C1O. The van der Waals surface area contributed by atoms with Crippen LogP contribution < -0.4 is 0 Å². The van der Waals surface area contributed by atoms with Crippen LogP contribution in [0.2, 0.25) is 0 Å². The van der Waals surface area contributed by atoms with E-state index in [2.05, 4.69) is 4.74 Å². The van der Waals surface area contributed by atoms with E-state index < -0.39 is 17.7 Å². The number of carbonyl (C=O) groups excluding carboxylic acids is 2. The molecule has 4 nitrogen and oxygen atoms in total. The van der Waals surface area contributed by atoms with Crippen molar-refractivity contribution in [2.75, 3.05) is 0 Å². The summed E-state index contributed by atoms with van der Waals surface area (Å²) in [6.07, 6.45) is 0. The fraction of sp³-hybridized carbons (Fsp3) is 0. The third-order valence-corrected chi connectivity index (χ3v) is 2.47. The van der Waals surface area contributed by atoms with Gasteiger partial charge in [-0.15, -0.1) is 11.3 Å². The van der Waals surface area contributed by atoms with Crippen LogP contribution in [0.15, 0.2) is 23.3 Å². The summed E-state index contributed by atoms with van der Waals surface area (Å²) < 4.78 is 4.21. The monoisotopic (exact) mass is 196 g/mol. The van der Waals surface area contributed by atoms with Gasteiger partial charge in [-0.3, -0.25) is 0 Å². The maximum absolute atomic E-state index is 11.0. The third-order valence-electron chi connectivity index (χ3n) is 1.59. The second-order valence-corrected chi connectivity index (χ2v) is 3.33. The van der Waals surface area contributed by atoms with Gasteiger partial charge in [0.15, 0.2) is 0 Å². The van der Waals surface area contributed by atoms with Crippen molar-refractivity contribution in [3.05, 3.63) is 28.1 Å². The molecule has 0 spiro atoms. The minimum absolute atomic E-state index is 0.0417. The number of hydrogen-bond donors (Lipinski definition) is 1. The average molecular weight is 196 g/mol. The Kier molecular flexibility index (Phi) is 1.66. The van der Waals surface area contributed by atoms with Crippen LogP contribution in [0, 0.1) is 0 Å². The molecule has 1 aliphatic heterocycles. The molecule has 1 N–H and O–H groups in total. The maximum Gasteiger partial charge on any atom is 0.382 e. The molecule has 0 atom stereocenters. The Morgan fingerprint density at radius 2 is 2.08 bits per heavy atom. The van der Waals surface area contributed by atoms with Gasteiger partial charge in [0.1, 0.15) is 5.57 Å². The molecular weight excluding hydrogens is 192 g/mol. The summed E-state index contributed by atoms with van der Waals surface area (Å²) in [7, 11) is 0. The van der Waals surface area contributed by atoms with Gasteiger partial charge in [-0.05, 0) is 11.4 Å². The van der Waals surface area contributed by atoms with Gasteiger partial charge in [-0.1, -0.05) is 6.07 Å². The fourth-order valence-corrected chi connectivity index (χ4v) is 1.78. The molecular formula is C8H4O4S. The van der Waals surface area contributed by atoms with Crippen molar-refractivity contribution in [2.24, 2.45) is 0 Å². The Bertz CT molecular complexity index is 402. The van der Waals surface area contributed by atoms with Crippen molar-refractivity contribution < 1.29 is 19.4 Å². The first-order valence-corrected chi connectivity index (χ1v) is 4.31. The molecule has 0 unspecified atom stereocenters. The molecule has 1 aromatic rings. The van der Waals surface area contributed by atoms with Crippen molar-refractivity contribution in [2.45, 2.75) is 0 Å². The average Bonchev–Trinajstić information content (AvgIpc) is 2.63. The van der Waals surface area contributed by atoms with E-state index in [1.54, 1.807) is 17.5 Å². The van der Waals surface area contributed by atoms with E-state index in [0.717, 1.165) is 0 Å². The number of hydrogen-bond acceptors (Lipinski definition) is 5. The molecule has 2 rings (SSSR count). The largest absolute Gasteiger partial charge is 0.501 e. The molecule has 0 bridgehead atoms. The third kappa shape index (κ3) is 1.13. The van der Waals surface area contributed by atoms with Crippen LogP contribution >= 0.6 is 11.3 Å². The standard InChI is InChI=1S/C8H4O4S/c9-6-5(4-2-1-3-13-4)7(10)12-8(6)11/h1-3,9H. The summed E-state index contributed by atoms with van der Waals surface area (Å²) in [5.41, 5.74) is -0.0417. The van der Waals surface area contributed by atoms with Crippen LogP contribution in [0.3, 0.4) is 0 Å². The number of thiophene rings is 1. The summed E-state index contributed by atoms with van der Waals surface area (Å²) in [5, 5.41) is 10.9. The Labute approximate surface area is 77.1 Å². The topological polar surface area (TPSA) is 63.6 Å². The molecule has 1 aromatic heterocycles. The Hall–Kier alpha value is -1.62. The highest BCUT2D eigenvalue weighted by molar-refractivity contribution is 7.11. The van der Waals surface area contributed by atoms with Crippen molar-refractivity contribution in [1.82, 2.24) is 0 Å². The second-order valence-electron chi connectivity index (χ2n) is 2.38. The first-order chi connectivity index (χ1) is 6.20. The van der Waals surface area contributed by atoms with E-state index in [1.807, 2.05) is 0 Å². The van der Waals surface area contributed by atoms with E-state index in [9.17, 15) is 14.7 Å². The predicted octanol–water partition coefficient (Wildman–Crippen LogP) is 1.10. The summed E-state index contributed by atoms with van der Waals surface area (Å²) in [5.74, 6) is -2.37. The molecule has 0 saturated heterocycles. The minimum atomic E-state index is -0.978. The van der Waals surface area contributed by atoms with Gasteiger partial charge in [-0.25, -0.2) is 9.59 Å². The Morgan fingerprint density at radius 1 is 1.31 bits per heavy atom. The lowest BCUT2D eigenvalue weighted by atomic mass is 10.2. The van der Waals surface area contributed by atoms with Gasteiger partial charge in [-0.2, -0.15) is 0 Å². The highest BCUT2D eigenvalue weighted by atomic mass is 32.1. The number of carbonyl (C=O) groups is 2. The zero-order valence-electron chi connectivity index (χ0n) is 6.31. The van der Waals surface area contributed by atoms with Crippen molar-refractivity contribution in [1.29, 1.82) is 0 Å². The highest BCUT2D eigenvalue weighted by Crippen LogP contribution is 2.28. The van der Waals surface area contributed by atoms with Crippen molar-refractivity contribution in [3.63, 3.8) is 0 Å². The molecule has 0 saturated carbocycles. The van der Waals surface area contributed by atoms with Crippen molar-refractivity contribution >= 4 is 28.8 Å². The molecule has 0 fully saturated rings. The van der Waals surface area contributed by atoms with E-state index in [0.29, 0.717) is 4.88 Å².